The first-order chi connectivity index (χ1) is 7.60. The Bertz CT molecular complexity index is 444. The van der Waals surface area contributed by atoms with Crippen molar-refractivity contribution in [2.24, 2.45) is 5.73 Å². The van der Waals surface area contributed by atoms with Crippen LogP contribution in [-0.2, 0) is 10.0 Å². The summed E-state index contributed by atoms with van der Waals surface area (Å²) in [5.41, 5.74) is 5.74. The van der Waals surface area contributed by atoms with Gasteiger partial charge in [-0.25, -0.2) is 13.4 Å². The van der Waals surface area contributed by atoms with Crippen LogP contribution in [0.1, 0.15) is 12.8 Å². The molecule has 0 radical (unpaired) electrons. The molecule has 0 unspecified atom stereocenters. The van der Waals surface area contributed by atoms with Gasteiger partial charge in [-0.2, -0.15) is 4.31 Å². The quantitative estimate of drug-likeness (QED) is 0.860. The van der Waals surface area contributed by atoms with Gasteiger partial charge in [-0.05, 0) is 25.0 Å². The average Bonchev–Trinajstić information content (AvgIpc) is 2.31. The summed E-state index contributed by atoms with van der Waals surface area (Å²) >= 11 is 0. The van der Waals surface area contributed by atoms with Crippen LogP contribution >= 0.6 is 12.4 Å². The van der Waals surface area contributed by atoms with Crippen molar-refractivity contribution >= 4 is 22.4 Å². The number of pyridine rings is 1. The highest BCUT2D eigenvalue weighted by atomic mass is 35.5. The van der Waals surface area contributed by atoms with Crippen molar-refractivity contribution in [3.05, 3.63) is 24.4 Å². The Hall–Kier alpha value is -0.690. The summed E-state index contributed by atoms with van der Waals surface area (Å²) in [5.74, 6) is 0. The van der Waals surface area contributed by atoms with Crippen molar-refractivity contribution < 1.29 is 8.42 Å². The van der Waals surface area contributed by atoms with Crippen LogP contribution in [0.2, 0.25) is 0 Å². The van der Waals surface area contributed by atoms with Crippen molar-refractivity contribution in [3.8, 4) is 0 Å². The lowest BCUT2D eigenvalue weighted by Crippen LogP contribution is -2.42. The summed E-state index contributed by atoms with van der Waals surface area (Å²) in [6.45, 7) is 0.972. The van der Waals surface area contributed by atoms with Gasteiger partial charge in [-0.1, -0.05) is 6.07 Å². The first-order valence-electron chi connectivity index (χ1n) is 5.27. The summed E-state index contributed by atoms with van der Waals surface area (Å²) in [6.07, 6.45) is 2.92. The second-order valence-corrected chi connectivity index (χ2v) is 5.79. The molecule has 1 saturated heterocycles. The smallest absolute Gasteiger partial charge is 0.260 e. The molecule has 96 valence electrons. The van der Waals surface area contributed by atoms with E-state index in [0.717, 1.165) is 0 Å². The molecule has 2 rings (SSSR count). The molecular weight excluding hydrogens is 262 g/mol. The molecule has 0 atom stereocenters. The van der Waals surface area contributed by atoms with Gasteiger partial charge >= 0.3 is 0 Å². The highest BCUT2D eigenvalue weighted by Crippen LogP contribution is 2.17. The van der Waals surface area contributed by atoms with E-state index in [2.05, 4.69) is 4.98 Å². The minimum Gasteiger partial charge on any atom is -0.328 e. The van der Waals surface area contributed by atoms with Gasteiger partial charge in [0.1, 0.15) is 0 Å². The van der Waals surface area contributed by atoms with Crippen LogP contribution in [-0.4, -0.2) is 36.8 Å². The van der Waals surface area contributed by atoms with E-state index >= 15 is 0 Å². The fourth-order valence-corrected chi connectivity index (χ4v) is 3.15. The first kappa shape index (κ1) is 14.4. The van der Waals surface area contributed by atoms with Gasteiger partial charge in [-0.3, -0.25) is 0 Å². The number of hydrogen-bond donors (Lipinski definition) is 1. The summed E-state index contributed by atoms with van der Waals surface area (Å²) in [7, 11) is -3.42. The van der Waals surface area contributed by atoms with Crippen LogP contribution in [0, 0.1) is 0 Å². The lowest BCUT2D eigenvalue weighted by atomic mass is 10.1. The highest BCUT2D eigenvalue weighted by Gasteiger charge is 2.28. The molecule has 1 fully saturated rings. The monoisotopic (exact) mass is 277 g/mol. The minimum atomic E-state index is -3.42. The maximum atomic E-state index is 12.1. The number of nitrogens with zero attached hydrogens (tertiary/aromatic N) is 2. The number of sulfonamides is 1. The van der Waals surface area contributed by atoms with Crippen molar-refractivity contribution in [3.63, 3.8) is 0 Å². The lowest BCUT2D eigenvalue weighted by molar-refractivity contribution is 0.319. The number of rotatable bonds is 2. The molecule has 1 aromatic rings. The topological polar surface area (TPSA) is 76.3 Å². The third kappa shape index (κ3) is 3.16. The summed E-state index contributed by atoms with van der Waals surface area (Å²) in [4.78, 5) is 3.88. The van der Waals surface area contributed by atoms with Crippen molar-refractivity contribution in [1.82, 2.24) is 9.29 Å². The van der Waals surface area contributed by atoms with Crippen LogP contribution in [0.25, 0.3) is 0 Å². The van der Waals surface area contributed by atoms with Gasteiger partial charge in [0.15, 0.2) is 5.03 Å². The predicted molar refractivity (Wildman–Crippen MR) is 67.5 cm³/mol. The summed E-state index contributed by atoms with van der Waals surface area (Å²) < 4.78 is 25.7. The van der Waals surface area contributed by atoms with E-state index in [9.17, 15) is 8.42 Å². The molecule has 0 saturated carbocycles. The molecule has 2 N–H and O–H groups in total. The molecule has 0 amide bonds. The summed E-state index contributed by atoms with van der Waals surface area (Å²) in [6, 6.07) is 5.01. The maximum absolute atomic E-state index is 12.1. The van der Waals surface area contributed by atoms with Gasteiger partial charge in [-0.15, -0.1) is 12.4 Å². The van der Waals surface area contributed by atoms with Crippen molar-refractivity contribution in [2.75, 3.05) is 13.1 Å². The zero-order valence-electron chi connectivity index (χ0n) is 9.32. The molecule has 2 heterocycles. The highest BCUT2D eigenvalue weighted by molar-refractivity contribution is 7.89. The van der Waals surface area contributed by atoms with Gasteiger partial charge in [0.05, 0.1) is 0 Å². The fraction of sp³-hybridized carbons (Fsp3) is 0.500. The Morgan fingerprint density at radius 1 is 1.29 bits per heavy atom. The molecule has 7 heteroatoms. The largest absolute Gasteiger partial charge is 0.328 e. The Kier molecular flexibility index (Phi) is 4.88. The number of nitrogens with two attached hydrogens (primary N) is 1. The number of halogens is 1. The molecule has 0 bridgehead atoms. The van der Waals surface area contributed by atoms with Gasteiger partial charge in [0.25, 0.3) is 10.0 Å². The van der Waals surface area contributed by atoms with Gasteiger partial charge in [0.2, 0.25) is 0 Å². The number of hydrogen-bond acceptors (Lipinski definition) is 4. The SMILES string of the molecule is Cl.NC1CCN(S(=O)(=O)c2ccccn2)CC1. The fourth-order valence-electron chi connectivity index (χ4n) is 1.75. The van der Waals surface area contributed by atoms with E-state index in [1.807, 2.05) is 0 Å². The van der Waals surface area contributed by atoms with E-state index in [4.69, 9.17) is 5.73 Å². The molecule has 0 aromatic carbocycles. The Morgan fingerprint density at radius 2 is 1.94 bits per heavy atom. The molecule has 1 aliphatic rings. The molecule has 1 aliphatic heterocycles. The molecule has 5 nitrogen and oxygen atoms in total. The lowest BCUT2D eigenvalue weighted by Gasteiger charge is -2.28. The van der Waals surface area contributed by atoms with E-state index in [1.54, 1.807) is 12.1 Å². The average molecular weight is 278 g/mol. The number of aromatic nitrogens is 1. The van der Waals surface area contributed by atoms with Gasteiger partial charge in [0, 0.05) is 25.3 Å². The maximum Gasteiger partial charge on any atom is 0.260 e. The molecule has 17 heavy (non-hydrogen) atoms. The van der Waals surface area contributed by atoms with Crippen LogP contribution in [0.3, 0.4) is 0 Å². The summed E-state index contributed by atoms with van der Waals surface area (Å²) in [5, 5.41) is 0.116. The molecule has 0 aliphatic carbocycles. The van der Waals surface area contributed by atoms with Crippen molar-refractivity contribution in [2.45, 2.75) is 23.9 Å². The Labute approximate surface area is 107 Å². The second kappa shape index (κ2) is 5.77. The van der Waals surface area contributed by atoms with Crippen LogP contribution in [0.15, 0.2) is 29.4 Å². The van der Waals surface area contributed by atoms with Crippen molar-refractivity contribution in [1.29, 1.82) is 0 Å². The third-order valence-electron chi connectivity index (χ3n) is 2.74. The standard InChI is InChI=1S/C10H15N3O2S.ClH/c11-9-4-7-13(8-5-9)16(14,15)10-3-1-2-6-12-10;/h1-3,6,9H,4-5,7-8,11H2;1H. The van der Waals surface area contributed by atoms with E-state index < -0.39 is 10.0 Å². The number of piperidine rings is 1. The van der Waals surface area contributed by atoms with Crippen LogP contribution < -0.4 is 5.73 Å². The second-order valence-electron chi connectivity index (χ2n) is 3.91. The Morgan fingerprint density at radius 3 is 2.47 bits per heavy atom. The molecule has 0 spiro atoms. The van der Waals surface area contributed by atoms with Crippen LogP contribution in [0.4, 0.5) is 0 Å². The predicted octanol–water partition coefficient (Wildman–Crippen LogP) is 0.615. The normalized spacial score (nSPS) is 18.6. The Balaban J connectivity index is 0.00000144. The molecular formula is C10H16ClN3O2S. The first-order valence-corrected chi connectivity index (χ1v) is 6.71. The van der Waals surface area contributed by atoms with E-state index in [1.165, 1.54) is 16.6 Å². The minimum absolute atomic E-state index is 0. The van der Waals surface area contributed by atoms with E-state index in [-0.39, 0.29) is 23.5 Å². The van der Waals surface area contributed by atoms with Gasteiger partial charge < -0.3 is 5.73 Å². The zero-order valence-corrected chi connectivity index (χ0v) is 11.0. The molecule has 1 aromatic heterocycles. The van der Waals surface area contributed by atoms with E-state index in [0.29, 0.717) is 25.9 Å². The van der Waals surface area contributed by atoms with Crippen LogP contribution in [0.5, 0.6) is 0 Å². The zero-order chi connectivity index (χ0) is 11.6. The third-order valence-corrected chi connectivity index (χ3v) is 4.56.